The molecule has 1 heterocycles. The highest BCUT2D eigenvalue weighted by molar-refractivity contribution is 7.90. The van der Waals surface area contributed by atoms with E-state index < -0.39 is 14.8 Å². The van der Waals surface area contributed by atoms with Crippen LogP contribution >= 0.6 is 0 Å². The van der Waals surface area contributed by atoms with Crippen LogP contribution in [0.5, 0.6) is 0 Å². The Bertz CT molecular complexity index is 895. The average Bonchev–Trinajstić information content (AvgIpc) is 2.90. The van der Waals surface area contributed by atoms with Crippen LogP contribution in [-0.2, 0) is 10.0 Å². The monoisotopic (exact) mass is 330 g/mol. The highest BCUT2D eigenvalue weighted by Crippen LogP contribution is 2.35. The van der Waals surface area contributed by atoms with Crippen molar-refractivity contribution in [2.24, 2.45) is 5.14 Å². The van der Waals surface area contributed by atoms with Crippen molar-refractivity contribution in [3.05, 3.63) is 60.2 Å². The second kappa shape index (κ2) is 5.47. The summed E-state index contributed by atoms with van der Waals surface area (Å²) >= 11 is 0. The van der Waals surface area contributed by atoms with Gasteiger partial charge in [0.05, 0.1) is 0 Å². The first-order chi connectivity index (χ1) is 10.8. The summed E-state index contributed by atoms with van der Waals surface area (Å²) in [6.07, 6.45) is 5.48. The maximum atomic E-state index is 11.7. The summed E-state index contributed by atoms with van der Waals surface area (Å²) in [7, 11) is -3.67. The van der Waals surface area contributed by atoms with Crippen molar-refractivity contribution >= 4 is 15.6 Å². The molecule has 120 valence electrons. The first kappa shape index (κ1) is 15.7. The largest absolute Gasteiger partial charge is 0.440 e. The molecule has 0 spiro atoms. The molecular weight excluding hydrogens is 312 g/mol. The number of aromatic nitrogens is 1. The topological polar surface area (TPSA) is 86.2 Å². The van der Waals surface area contributed by atoms with Gasteiger partial charge in [-0.2, -0.15) is 0 Å². The van der Waals surface area contributed by atoms with Gasteiger partial charge in [0.25, 0.3) is 0 Å². The van der Waals surface area contributed by atoms with E-state index in [4.69, 9.17) is 9.56 Å². The Kier molecular flexibility index (Phi) is 3.74. The second-order valence-electron chi connectivity index (χ2n) is 5.83. The normalized spacial score (nSPS) is 21.3. The van der Waals surface area contributed by atoms with E-state index in [0.29, 0.717) is 18.1 Å². The molecule has 0 radical (unpaired) electrons. The third kappa shape index (κ3) is 2.87. The van der Waals surface area contributed by atoms with Crippen LogP contribution in [0.3, 0.4) is 0 Å². The number of benzene rings is 1. The maximum Gasteiger partial charge on any atom is 0.218 e. The zero-order valence-corrected chi connectivity index (χ0v) is 13.8. The fraction of sp³-hybridized carbons (Fsp3) is 0.235. The Morgan fingerprint density at radius 1 is 1.26 bits per heavy atom. The average molecular weight is 330 g/mol. The van der Waals surface area contributed by atoms with Crippen LogP contribution in [0.2, 0.25) is 0 Å². The van der Waals surface area contributed by atoms with Crippen molar-refractivity contribution in [1.82, 2.24) is 4.98 Å². The minimum absolute atomic E-state index is 0.297. The Hall–Kier alpha value is -2.18. The van der Waals surface area contributed by atoms with Crippen molar-refractivity contribution < 1.29 is 12.8 Å². The molecule has 1 aliphatic carbocycles. The molecule has 1 aliphatic rings. The molecule has 2 aromatic rings. The molecule has 1 unspecified atom stereocenters. The summed E-state index contributed by atoms with van der Waals surface area (Å²) < 4.78 is 28.1. The molecule has 0 fully saturated rings. The van der Waals surface area contributed by atoms with E-state index in [1.807, 2.05) is 36.4 Å². The zero-order valence-electron chi connectivity index (χ0n) is 13.0. The quantitative estimate of drug-likeness (QED) is 0.937. The van der Waals surface area contributed by atoms with Gasteiger partial charge >= 0.3 is 0 Å². The smallest absolute Gasteiger partial charge is 0.218 e. The SMILES string of the molecule is Cc1nc(-c2ccccc2)c(C2=CCC(C)(S(N)(=O)=O)C=C2)o1. The van der Waals surface area contributed by atoms with E-state index in [9.17, 15) is 8.42 Å². The number of sulfonamides is 1. The fourth-order valence-electron chi connectivity index (χ4n) is 2.51. The van der Waals surface area contributed by atoms with E-state index in [1.165, 1.54) is 0 Å². The van der Waals surface area contributed by atoms with E-state index in [2.05, 4.69) is 4.98 Å². The van der Waals surface area contributed by atoms with Gasteiger partial charge in [0.15, 0.2) is 11.7 Å². The maximum absolute atomic E-state index is 11.7. The van der Waals surface area contributed by atoms with E-state index >= 15 is 0 Å². The van der Waals surface area contributed by atoms with E-state index in [-0.39, 0.29) is 0 Å². The fourth-order valence-corrected chi connectivity index (χ4v) is 3.08. The number of oxazole rings is 1. The van der Waals surface area contributed by atoms with Gasteiger partial charge in [-0.3, -0.25) is 0 Å². The number of rotatable bonds is 3. The summed E-state index contributed by atoms with van der Waals surface area (Å²) in [6, 6.07) is 9.73. The number of allylic oxidation sites excluding steroid dienone is 3. The van der Waals surface area contributed by atoms with Crippen LogP contribution in [0.15, 0.2) is 53.0 Å². The standard InChI is InChI=1S/C17H18N2O3S/c1-12-19-15(13-6-4-3-5-7-13)16(22-12)14-8-10-17(2,11-9-14)23(18,20)21/h3-10H,11H2,1-2H3,(H2,18,20,21). The van der Waals surface area contributed by atoms with E-state index in [1.54, 1.807) is 26.0 Å². The minimum Gasteiger partial charge on any atom is -0.440 e. The van der Waals surface area contributed by atoms with Crippen LogP contribution in [0.25, 0.3) is 16.8 Å². The van der Waals surface area contributed by atoms with Crippen LogP contribution < -0.4 is 5.14 Å². The third-order valence-electron chi connectivity index (χ3n) is 4.04. The number of hydrogen-bond donors (Lipinski definition) is 1. The summed E-state index contributed by atoms with van der Waals surface area (Å²) in [4.78, 5) is 4.46. The first-order valence-corrected chi connectivity index (χ1v) is 8.80. The molecule has 0 amide bonds. The van der Waals surface area contributed by atoms with Crippen molar-refractivity contribution in [2.75, 3.05) is 0 Å². The molecule has 1 aromatic carbocycles. The van der Waals surface area contributed by atoms with Gasteiger partial charge < -0.3 is 4.42 Å². The predicted octanol–water partition coefficient (Wildman–Crippen LogP) is 3.04. The molecule has 0 aliphatic heterocycles. The molecule has 0 bridgehead atoms. The van der Waals surface area contributed by atoms with Crippen molar-refractivity contribution in [1.29, 1.82) is 0 Å². The molecule has 5 nitrogen and oxygen atoms in total. The van der Waals surface area contributed by atoms with Gasteiger partial charge in [-0.25, -0.2) is 18.5 Å². The molecule has 2 N–H and O–H groups in total. The molecule has 6 heteroatoms. The van der Waals surface area contributed by atoms with Crippen LogP contribution in [0.4, 0.5) is 0 Å². The lowest BCUT2D eigenvalue weighted by Crippen LogP contribution is -2.39. The van der Waals surface area contributed by atoms with Gasteiger partial charge in [-0.05, 0) is 13.3 Å². The van der Waals surface area contributed by atoms with Crippen molar-refractivity contribution in [3.63, 3.8) is 0 Å². The lowest BCUT2D eigenvalue weighted by atomic mass is 9.95. The Labute approximate surface area is 135 Å². The van der Waals surface area contributed by atoms with Crippen LogP contribution in [0.1, 0.15) is 25.0 Å². The summed E-state index contributed by atoms with van der Waals surface area (Å²) in [6.45, 7) is 3.40. The third-order valence-corrected chi connectivity index (χ3v) is 5.64. The lowest BCUT2D eigenvalue weighted by molar-refractivity contribution is 0.510. The number of hydrogen-bond acceptors (Lipinski definition) is 4. The van der Waals surface area contributed by atoms with Gasteiger partial charge in [0.1, 0.15) is 10.4 Å². The highest BCUT2D eigenvalue weighted by atomic mass is 32.2. The molecule has 1 aromatic heterocycles. The highest BCUT2D eigenvalue weighted by Gasteiger charge is 2.35. The van der Waals surface area contributed by atoms with E-state index in [0.717, 1.165) is 16.8 Å². The molecule has 1 atom stereocenters. The van der Waals surface area contributed by atoms with Crippen LogP contribution in [0, 0.1) is 6.92 Å². The second-order valence-corrected chi connectivity index (χ2v) is 7.85. The summed E-state index contributed by atoms with van der Waals surface area (Å²) in [5.41, 5.74) is 2.51. The zero-order chi connectivity index (χ0) is 16.7. The molecule has 23 heavy (non-hydrogen) atoms. The number of nitrogens with two attached hydrogens (primary N) is 1. The van der Waals surface area contributed by atoms with Gasteiger partial charge in [-0.1, -0.05) is 48.6 Å². The van der Waals surface area contributed by atoms with Gasteiger partial charge in [0.2, 0.25) is 10.0 Å². The lowest BCUT2D eigenvalue weighted by Gasteiger charge is -2.25. The van der Waals surface area contributed by atoms with Gasteiger partial charge in [0, 0.05) is 18.1 Å². The van der Waals surface area contributed by atoms with Crippen molar-refractivity contribution in [2.45, 2.75) is 25.0 Å². The summed E-state index contributed by atoms with van der Waals surface area (Å²) in [5, 5.41) is 5.31. The summed E-state index contributed by atoms with van der Waals surface area (Å²) in [5.74, 6) is 1.20. The molecule has 0 saturated carbocycles. The number of aryl methyl sites for hydroxylation is 1. The molecule has 0 saturated heterocycles. The minimum atomic E-state index is -3.67. The number of primary sulfonamides is 1. The Morgan fingerprint density at radius 3 is 2.52 bits per heavy atom. The molecular formula is C17H18N2O3S. The predicted molar refractivity (Wildman–Crippen MR) is 89.9 cm³/mol. The number of nitrogens with zero attached hydrogens (tertiary/aromatic N) is 1. The van der Waals surface area contributed by atoms with Crippen LogP contribution in [-0.4, -0.2) is 18.1 Å². The van der Waals surface area contributed by atoms with Gasteiger partial charge in [-0.15, -0.1) is 0 Å². The Balaban J connectivity index is 2.01. The van der Waals surface area contributed by atoms with Crippen molar-refractivity contribution in [3.8, 4) is 11.3 Å². The first-order valence-electron chi connectivity index (χ1n) is 7.25. The Morgan fingerprint density at radius 2 is 1.96 bits per heavy atom. The molecule has 3 rings (SSSR count).